The molecule has 3 nitrogen and oxygen atoms in total. The summed E-state index contributed by atoms with van der Waals surface area (Å²) in [5.41, 5.74) is 4.50. The van der Waals surface area contributed by atoms with Crippen LogP contribution in [0.1, 0.15) is 24.5 Å². The minimum atomic E-state index is 1.03. The fourth-order valence-electron chi connectivity index (χ4n) is 2.83. The van der Waals surface area contributed by atoms with E-state index >= 15 is 0 Å². The highest BCUT2D eigenvalue weighted by atomic mass is 15.1. The third kappa shape index (κ3) is 3.71. The SMILES string of the molecule is CCN(CCCN(C)C)c1cccc2c1CCNC2. The van der Waals surface area contributed by atoms with Crippen molar-refractivity contribution >= 4 is 5.69 Å². The summed E-state index contributed by atoms with van der Waals surface area (Å²) < 4.78 is 0. The lowest BCUT2D eigenvalue weighted by Crippen LogP contribution is -2.30. The molecule has 0 amide bonds. The zero-order valence-electron chi connectivity index (χ0n) is 12.6. The normalized spacial score (nSPS) is 14.5. The van der Waals surface area contributed by atoms with Crippen molar-refractivity contribution in [2.24, 2.45) is 0 Å². The third-order valence-corrected chi connectivity index (χ3v) is 3.87. The number of benzene rings is 1. The molecule has 0 atom stereocenters. The first kappa shape index (κ1) is 14.4. The van der Waals surface area contributed by atoms with Gasteiger partial charge in [0.15, 0.2) is 0 Å². The van der Waals surface area contributed by atoms with Crippen LogP contribution in [0.5, 0.6) is 0 Å². The molecule has 19 heavy (non-hydrogen) atoms. The molecule has 0 spiro atoms. The van der Waals surface area contributed by atoms with Gasteiger partial charge in [-0.3, -0.25) is 0 Å². The third-order valence-electron chi connectivity index (χ3n) is 3.87. The topological polar surface area (TPSA) is 18.5 Å². The average molecular weight is 261 g/mol. The molecule has 0 fully saturated rings. The van der Waals surface area contributed by atoms with Crippen molar-refractivity contribution in [3.8, 4) is 0 Å². The van der Waals surface area contributed by atoms with E-state index in [1.54, 1.807) is 5.56 Å². The molecule has 0 saturated heterocycles. The van der Waals surface area contributed by atoms with Gasteiger partial charge in [-0.1, -0.05) is 12.1 Å². The van der Waals surface area contributed by atoms with Crippen LogP contribution in [-0.4, -0.2) is 45.2 Å². The molecule has 0 saturated carbocycles. The summed E-state index contributed by atoms with van der Waals surface area (Å²) in [6.45, 7) is 7.80. The van der Waals surface area contributed by atoms with Crippen LogP contribution in [0.25, 0.3) is 0 Å². The highest BCUT2D eigenvalue weighted by Crippen LogP contribution is 2.26. The van der Waals surface area contributed by atoms with Gasteiger partial charge in [0.05, 0.1) is 0 Å². The first-order valence-electron chi connectivity index (χ1n) is 7.43. The Labute approximate surface area is 117 Å². The minimum Gasteiger partial charge on any atom is -0.372 e. The summed E-state index contributed by atoms with van der Waals surface area (Å²) in [6.07, 6.45) is 2.39. The Morgan fingerprint density at radius 2 is 2.05 bits per heavy atom. The van der Waals surface area contributed by atoms with Crippen molar-refractivity contribution in [1.82, 2.24) is 10.2 Å². The smallest absolute Gasteiger partial charge is 0.0402 e. The molecule has 0 aromatic heterocycles. The molecule has 1 N–H and O–H groups in total. The maximum Gasteiger partial charge on any atom is 0.0402 e. The summed E-state index contributed by atoms with van der Waals surface area (Å²) >= 11 is 0. The maximum absolute atomic E-state index is 3.46. The predicted octanol–water partition coefficient (Wildman–Crippen LogP) is 2.11. The quantitative estimate of drug-likeness (QED) is 0.846. The van der Waals surface area contributed by atoms with E-state index in [1.165, 1.54) is 17.7 Å². The lowest BCUT2D eigenvalue weighted by Gasteiger charge is -2.29. The van der Waals surface area contributed by atoms with E-state index in [2.05, 4.69) is 54.3 Å². The second kappa shape index (κ2) is 6.92. The number of rotatable bonds is 6. The van der Waals surface area contributed by atoms with E-state index in [4.69, 9.17) is 0 Å². The zero-order chi connectivity index (χ0) is 13.7. The Morgan fingerprint density at radius 1 is 1.21 bits per heavy atom. The molecule has 1 aliphatic rings. The van der Waals surface area contributed by atoms with E-state index in [-0.39, 0.29) is 0 Å². The van der Waals surface area contributed by atoms with Crippen molar-refractivity contribution in [2.75, 3.05) is 45.2 Å². The van der Waals surface area contributed by atoms with Gasteiger partial charge in [-0.2, -0.15) is 0 Å². The van der Waals surface area contributed by atoms with Gasteiger partial charge in [-0.15, -0.1) is 0 Å². The van der Waals surface area contributed by atoms with Gasteiger partial charge in [0.25, 0.3) is 0 Å². The number of hydrogen-bond donors (Lipinski definition) is 1. The van der Waals surface area contributed by atoms with Gasteiger partial charge < -0.3 is 15.1 Å². The fraction of sp³-hybridized carbons (Fsp3) is 0.625. The lowest BCUT2D eigenvalue weighted by atomic mass is 9.98. The molecule has 2 rings (SSSR count). The number of fused-ring (bicyclic) bond motifs is 1. The van der Waals surface area contributed by atoms with E-state index in [9.17, 15) is 0 Å². The Balaban J connectivity index is 2.09. The molecule has 1 aromatic carbocycles. The lowest BCUT2D eigenvalue weighted by molar-refractivity contribution is 0.400. The molecule has 1 heterocycles. The van der Waals surface area contributed by atoms with Crippen LogP contribution in [-0.2, 0) is 13.0 Å². The zero-order valence-corrected chi connectivity index (χ0v) is 12.6. The molecular formula is C16H27N3. The van der Waals surface area contributed by atoms with Crippen LogP contribution in [0.3, 0.4) is 0 Å². The number of nitrogens with one attached hydrogen (secondary N) is 1. The Kier molecular flexibility index (Phi) is 5.23. The van der Waals surface area contributed by atoms with Crippen LogP contribution < -0.4 is 10.2 Å². The van der Waals surface area contributed by atoms with Crippen molar-refractivity contribution in [1.29, 1.82) is 0 Å². The molecule has 0 bridgehead atoms. The van der Waals surface area contributed by atoms with Gasteiger partial charge in [0, 0.05) is 25.3 Å². The molecular weight excluding hydrogens is 234 g/mol. The van der Waals surface area contributed by atoms with Gasteiger partial charge in [-0.25, -0.2) is 0 Å². The molecule has 0 aliphatic carbocycles. The number of hydrogen-bond acceptors (Lipinski definition) is 3. The summed E-state index contributed by atoms with van der Waals surface area (Å²) in [5.74, 6) is 0. The summed E-state index contributed by atoms with van der Waals surface area (Å²) in [6, 6.07) is 6.76. The van der Waals surface area contributed by atoms with E-state index in [0.717, 1.165) is 39.1 Å². The monoisotopic (exact) mass is 261 g/mol. The largest absolute Gasteiger partial charge is 0.372 e. The van der Waals surface area contributed by atoms with E-state index in [0.29, 0.717) is 0 Å². The van der Waals surface area contributed by atoms with E-state index in [1.807, 2.05) is 0 Å². The summed E-state index contributed by atoms with van der Waals surface area (Å²) in [7, 11) is 4.29. The van der Waals surface area contributed by atoms with Crippen LogP contribution in [0, 0.1) is 0 Å². The van der Waals surface area contributed by atoms with Crippen LogP contribution in [0.15, 0.2) is 18.2 Å². The standard InChI is InChI=1S/C16H27N3/c1-4-19(12-6-11-18(2)3)16-8-5-7-14-13-17-10-9-15(14)16/h5,7-8,17H,4,6,9-13H2,1-3H3. The van der Waals surface area contributed by atoms with Gasteiger partial charge in [-0.05, 0) is 64.1 Å². The highest BCUT2D eigenvalue weighted by Gasteiger charge is 2.15. The molecule has 1 aromatic rings. The first-order chi connectivity index (χ1) is 9.22. The molecule has 0 radical (unpaired) electrons. The second-order valence-corrected chi connectivity index (χ2v) is 5.58. The van der Waals surface area contributed by atoms with Crippen molar-refractivity contribution in [3.05, 3.63) is 29.3 Å². The molecule has 3 heteroatoms. The second-order valence-electron chi connectivity index (χ2n) is 5.58. The number of nitrogens with zero attached hydrogens (tertiary/aromatic N) is 2. The van der Waals surface area contributed by atoms with Gasteiger partial charge in [0.1, 0.15) is 0 Å². The summed E-state index contributed by atoms with van der Waals surface area (Å²) in [5, 5.41) is 3.46. The molecule has 0 unspecified atom stereocenters. The predicted molar refractivity (Wildman–Crippen MR) is 82.9 cm³/mol. The van der Waals surface area contributed by atoms with E-state index < -0.39 is 0 Å². The minimum absolute atomic E-state index is 1.03. The fourth-order valence-corrected chi connectivity index (χ4v) is 2.83. The average Bonchev–Trinajstić information content (AvgIpc) is 2.43. The van der Waals surface area contributed by atoms with Crippen LogP contribution in [0.2, 0.25) is 0 Å². The number of anilines is 1. The van der Waals surface area contributed by atoms with Gasteiger partial charge in [0.2, 0.25) is 0 Å². The van der Waals surface area contributed by atoms with Crippen LogP contribution in [0.4, 0.5) is 5.69 Å². The van der Waals surface area contributed by atoms with Crippen molar-refractivity contribution in [3.63, 3.8) is 0 Å². The van der Waals surface area contributed by atoms with Crippen LogP contribution >= 0.6 is 0 Å². The molecule has 106 valence electrons. The summed E-state index contributed by atoms with van der Waals surface area (Å²) in [4.78, 5) is 4.80. The first-order valence-corrected chi connectivity index (χ1v) is 7.43. The van der Waals surface area contributed by atoms with Crippen molar-refractivity contribution < 1.29 is 0 Å². The maximum atomic E-state index is 3.46. The Bertz CT molecular complexity index is 401. The van der Waals surface area contributed by atoms with Gasteiger partial charge >= 0.3 is 0 Å². The Morgan fingerprint density at radius 3 is 2.79 bits per heavy atom. The highest BCUT2D eigenvalue weighted by molar-refractivity contribution is 5.57. The van der Waals surface area contributed by atoms with Crippen molar-refractivity contribution in [2.45, 2.75) is 26.3 Å². The Hall–Kier alpha value is -1.06. The molecule has 1 aliphatic heterocycles.